The zero-order chi connectivity index (χ0) is 6.69. The lowest BCUT2D eigenvalue weighted by atomic mass is 10.4. The molecule has 0 radical (unpaired) electrons. The molecule has 9 heavy (non-hydrogen) atoms. The molecule has 2 nitrogen and oxygen atoms in total. The summed E-state index contributed by atoms with van der Waals surface area (Å²) >= 11 is 1.64. The van der Waals surface area contributed by atoms with Gasteiger partial charge in [0.25, 0.3) is 0 Å². The van der Waals surface area contributed by atoms with Gasteiger partial charge in [0.2, 0.25) is 0 Å². The maximum absolute atomic E-state index is 4.94. The Labute approximate surface area is 58.5 Å². The number of hydrogen-bond donors (Lipinski definition) is 0. The summed E-state index contributed by atoms with van der Waals surface area (Å²) < 4.78 is 4.94. The molecular formula is C6H9NOS. The standard InChI is InChI=1S/C6H9NOS/c1-5-6(3-8-2)9-4-7-5/h4H,3H2,1-2H3. The SMILES string of the molecule is COCc1scnc1C. The van der Waals surface area contributed by atoms with E-state index in [4.69, 9.17) is 4.74 Å². The van der Waals surface area contributed by atoms with Crippen molar-refractivity contribution in [2.45, 2.75) is 13.5 Å². The highest BCUT2D eigenvalue weighted by molar-refractivity contribution is 7.09. The van der Waals surface area contributed by atoms with Gasteiger partial charge < -0.3 is 4.74 Å². The van der Waals surface area contributed by atoms with E-state index >= 15 is 0 Å². The predicted molar refractivity (Wildman–Crippen MR) is 37.6 cm³/mol. The summed E-state index contributed by atoms with van der Waals surface area (Å²) in [5.74, 6) is 0. The van der Waals surface area contributed by atoms with E-state index in [0.29, 0.717) is 6.61 Å². The number of nitrogens with zero attached hydrogens (tertiary/aromatic N) is 1. The summed E-state index contributed by atoms with van der Waals surface area (Å²) in [4.78, 5) is 5.29. The molecule has 0 saturated carbocycles. The number of hydrogen-bond acceptors (Lipinski definition) is 3. The second-order valence-electron chi connectivity index (χ2n) is 1.79. The van der Waals surface area contributed by atoms with Crippen LogP contribution in [-0.4, -0.2) is 12.1 Å². The van der Waals surface area contributed by atoms with E-state index in [1.165, 1.54) is 4.88 Å². The average molecular weight is 143 g/mol. The molecule has 0 atom stereocenters. The highest BCUT2D eigenvalue weighted by atomic mass is 32.1. The van der Waals surface area contributed by atoms with Gasteiger partial charge in [0, 0.05) is 7.11 Å². The quantitative estimate of drug-likeness (QED) is 0.627. The Balaban J connectivity index is 2.69. The first-order chi connectivity index (χ1) is 4.34. The largest absolute Gasteiger partial charge is 0.379 e. The molecule has 0 aliphatic carbocycles. The van der Waals surface area contributed by atoms with Crippen LogP contribution >= 0.6 is 11.3 Å². The Morgan fingerprint density at radius 2 is 2.56 bits per heavy atom. The summed E-state index contributed by atoms with van der Waals surface area (Å²) in [6.45, 7) is 2.68. The summed E-state index contributed by atoms with van der Waals surface area (Å²) in [5.41, 5.74) is 2.92. The molecule has 0 unspecified atom stereocenters. The molecule has 0 N–H and O–H groups in total. The maximum atomic E-state index is 4.94. The average Bonchev–Trinajstić information content (AvgIpc) is 2.18. The van der Waals surface area contributed by atoms with E-state index in [0.717, 1.165) is 5.69 Å². The van der Waals surface area contributed by atoms with Gasteiger partial charge in [0.1, 0.15) is 0 Å². The third-order valence-corrected chi connectivity index (χ3v) is 2.03. The highest BCUT2D eigenvalue weighted by Gasteiger charge is 1.97. The lowest BCUT2D eigenvalue weighted by Gasteiger charge is -1.92. The van der Waals surface area contributed by atoms with Crippen molar-refractivity contribution in [3.63, 3.8) is 0 Å². The normalized spacial score (nSPS) is 10.0. The minimum absolute atomic E-state index is 0.691. The van der Waals surface area contributed by atoms with Gasteiger partial charge in [-0.2, -0.15) is 0 Å². The zero-order valence-corrected chi connectivity index (χ0v) is 6.36. The van der Waals surface area contributed by atoms with Gasteiger partial charge in [-0.3, -0.25) is 0 Å². The molecule has 1 aromatic rings. The van der Waals surface area contributed by atoms with Crippen LogP contribution in [0.4, 0.5) is 0 Å². The van der Waals surface area contributed by atoms with Gasteiger partial charge in [0.05, 0.1) is 22.7 Å². The fourth-order valence-corrected chi connectivity index (χ4v) is 1.34. The minimum Gasteiger partial charge on any atom is -0.379 e. The van der Waals surface area contributed by atoms with E-state index < -0.39 is 0 Å². The Kier molecular flexibility index (Phi) is 2.19. The van der Waals surface area contributed by atoms with Crippen LogP contribution in [0.25, 0.3) is 0 Å². The number of aromatic nitrogens is 1. The topological polar surface area (TPSA) is 22.1 Å². The van der Waals surface area contributed by atoms with Crippen LogP contribution in [0.2, 0.25) is 0 Å². The van der Waals surface area contributed by atoms with Crippen molar-refractivity contribution in [2.75, 3.05) is 7.11 Å². The van der Waals surface area contributed by atoms with Gasteiger partial charge in [-0.25, -0.2) is 4.98 Å². The van der Waals surface area contributed by atoms with Crippen LogP contribution in [-0.2, 0) is 11.3 Å². The lowest BCUT2D eigenvalue weighted by molar-refractivity contribution is 0.187. The molecule has 0 fully saturated rings. The van der Waals surface area contributed by atoms with Gasteiger partial charge in [-0.15, -0.1) is 11.3 Å². The summed E-state index contributed by atoms with van der Waals surface area (Å²) in [5, 5.41) is 0. The van der Waals surface area contributed by atoms with Crippen molar-refractivity contribution in [1.82, 2.24) is 4.98 Å². The van der Waals surface area contributed by atoms with Crippen molar-refractivity contribution < 1.29 is 4.74 Å². The highest BCUT2D eigenvalue weighted by Crippen LogP contribution is 2.11. The van der Waals surface area contributed by atoms with E-state index in [-0.39, 0.29) is 0 Å². The fourth-order valence-electron chi connectivity index (χ4n) is 0.596. The van der Waals surface area contributed by atoms with Crippen molar-refractivity contribution in [3.05, 3.63) is 16.1 Å². The second-order valence-corrected chi connectivity index (χ2v) is 2.73. The van der Waals surface area contributed by atoms with E-state index in [9.17, 15) is 0 Å². The molecule has 1 heterocycles. The van der Waals surface area contributed by atoms with E-state index in [1.807, 2.05) is 12.4 Å². The first kappa shape index (κ1) is 6.71. The van der Waals surface area contributed by atoms with Crippen LogP contribution in [0, 0.1) is 6.92 Å². The third-order valence-electron chi connectivity index (χ3n) is 1.12. The monoisotopic (exact) mass is 143 g/mol. The van der Waals surface area contributed by atoms with Gasteiger partial charge in [-0.1, -0.05) is 0 Å². The molecule has 1 rings (SSSR count). The number of methoxy groups -OCH3 is 1. The maximum Gasteiger partial charge on any atom is 0.0824 e. The van der Waals surface area contributed by atoms with Crippen LogP contribution in [0.1, 0.15) is 10.6 Å². The van der Waals surface area contributed by atoms with Crippen LogP contribution in [0.3, 0.4) is 0 Å². The van der Waals surface area contributed by atoms with Crippen molar-refractivity contribution in [1.29, 1.82) is 0 Å². The molecule has 3 heteroatoms. The zero-order valence-electron chi connectivity index (χ0n) is 5.55. The van der Waals surface area contributed by atoms with Crippen molar-refractivity contribution in [2.24, 2.45) is 0 Å². The Morgan fingerprint density at radius 3 is 3.00 bits per heavy atom. The van der Waals surface area contributed by atoms with Crippen LogP contribution < -0.4 is 0 Å². The smallest absolute Gasteiger partial charge is 0.0824 e. The number of thiazole rings is 1. The first-order valence-corrected chi connectivity index (χ1v) is 3.60. The third kappa shape index (κ3) is 1.50. The fraction of sp³-hybridized carbons (Fsp3) is 0.500. The Morgan fingerprint density at radius 1 is 1.78 bits per heavy atom. The molecule has 0 aliphatic heterocycles. The minimum atomic E-state index is 0.691. The number of ether oxygens (including phenoxy) is 1. The van der Waals surface area contributed by atoms with E-state index in [2.05, 4.69) is 4.98 Å². The van der Waals surface area contributed by atoms with E-state index in [1.54, 1.807) is 18.4 Å². The Bertz CT molecular complexity index is 185. The van der Waals surface area contributed by atoms with Gasteiger partial charge in [0.15, 0.2) is 0 Å². The first-order valence-electron chi connectivity index (χ1n) is 2.72. The molecule has 50 valence electrons. The number of rotatable bonds is 2. The molecule has 0 amide bonds. The molecule has 0 saturated heterocycles. The second kappa shape index (κ2) is 2.94. The summed E-state index contributed by atoms with van der Waals surface area (Å²) in [6, 6.07) is 0. The lowest BCUT2D eigenvalue weighted by Crippen LogP contribution is -1.85. The van der Waals surface area contributed by atoms with Gasteiger partial charge >= 0.3 is 0 Å². The summed E-state index contributed by atoms with van der Waals surface area (Å²) in [6.07, 6.45) is 0. The van der Waals surface area contributed by atoms with Crippen molar-refractivity contribution >= 4 is 11.3 Å². The summed E-state index contributed by atoms with van der Waals surface area (Å²) in [7, 11) is 1.69. The number of aryl methyl sites for hydroxylation is 1. The van der Waals surface area contributed by atoms with Gasteiger partial charge in [-0.05, 0) is 6.92 Å². The predicted octanol–water partition coefficient (Wildman–Crippen LogP) is 1.60. The molecule has 0 aliphatic rings. The molecular weight excluding hydrogens is 134 g/mol. The molecule has 1 aromatic heterocycles. The van der Waals surface area contributed by atoms with Crippen LogP contribution in [0.15, 0.2) is 5.51 Å². The molecule has 0 bridgehead atoms. The van der Waals surface area contributed by atoms with Crippen molar-refractivity contribution in [3.8, 4) is 0 Å². The van der Waals surface area contributed by atoms with Crippen LogP contribution in [0.5, 0.6) is 0 Å². The molecule has 0 aromatic carbocycles. The Hall–Kier alpha value is -0.410. The molecule has 0 spiro atoms.